The fourth-order valence-corrected chi connectivity index (χ4v) is 3.36. The van der Waals surface area contributed by atoms with Gasteiger partial charge in [0.25, 0.3) is 5.91 Å². The van der Waals surface area contributed by atoms with Crippen LogP contribution in [0.25, 0.3) is 0 Å². The molecule has 0 radical (unpaired) electrons. The molecule has 0 aromatic heterocycles. The van der Waals surface area contributed by atoms with Crippen molar-refractivity contribution in [3.63, 3.8) is 0 Å². The number of halogens is 2. The Kier molecular flexibility index (Phi) is 5.52. The molecule has 0 unspecified atom stereocenters. The van der Waals surface area contributed by atoms with Crippen LogP contribution in [-0.4, -0.2) is 41.7 Å². The topological polar surface area (TPSA) is 49.8 Å². The zero-order valence-corrected chi connectivity index (χ0v) is 14.3. The molecule has 0 aliphatic heterocycles. The Hall–Kier alpha value is -0.780. The molecule has 4 nitrogen and oxygen atoms in total. The van der Waals surface area contributed by atoms with Crippen LogP contribution in [0.5, 0.6) is 5.75 Å². The number of aliphatic hydroxyl groups is 1. The van der Waals surface area contributed by atoms with Crippen molar-refractivity contribution < 1.29 is 14.6 Å². The van der Waals surface area contributed by atoms with Gasteiger partial charge in [-0.2, -0.15) is 0 Å². The van der Waals surface area contributed by atoms with Crippen molar-refractivity contribution in [3.8, 4) is 5.75 Å². The first-order valence-corrected chi connectivity index (χ1v) is 8.11. The van der Waals surface area contributed by atoms with Crippen LogP contribution in [0.15, 0.2) is 22.7 Å². The molecule has 0 atom stereocenters. The van der Waals surface area contributed by atoms with Gasteiger partial charge in [0.2, 0.25) is 0 Å². The first kappa shape index (κ1) is 16.6. The highest BCUT2D eigenvalue weighted by Gasteiger charge is 2.33. The first-order chi connectivity index (χ1) is 9.89. The van der Waals surface area contributed by atoms with E-state index < -0.39 is 5.60 Å². The average Bonchev–Trinajstić information content (AvgIpc) is 2.83. The van der Waals surface area contributed by atoms with E-state index in [-0.39, 0.29) is 12.5 Å². The molecule has 1 aliphatic carbocycles. The maximum Gasteiger partial charge on any atom is 0.260 e. The minimum atomic E-state index is -0.731. The molecule has 0 heterocycles. The van der Waals surface area contributed by atoms with Crippen molar-refractivity contribution in [3.05, 3.63) is 27.7 Å². The Morgan fingerprint density at radius 1 is 1.48 bits per heavy atom. The van der Waals surface area contributed by atoms with E-state index in [1.807, 2.05) is 0 Å². The number of likely N-dealkylation sites (N-methyl/N-ethyl adjacent to an activating group) is 1. The van der Waals surface area contributed by atoms with Gasteiger partial charge in [0.15, 0.2) is 6.61 Å². The van der Waals surface area contributed by atoms with Gasteiger partial charge in [0.05, 0.1) is 10.1 Å². The quantitative estimate of drug-likeness (QED) is 0.858. The summed E-state index contributed by atoms with van der Waals surface area (Å²) in [4.78, 5) is 13.6. The lowest BCUT2D eigenvalue weighted by Gasteiger charge is -2.28. The summed E-state index contributed by atoms with van der Waals surface area (Å²) in [6.45, 7) is 0.295. The summed E-state index contributed by atoms with van der Waals surface area (Å²) in [5.74, 6) is 0.415. The SMILES string of the molecule is CN(CC1(O)CCCC1)C(=O)COc1ccc(Cl)cc1Br. The van der Waals surface area contributed by atoms with E-state index in [2.05, 4.69) is 15.9 Å². The van der Waals surface area contributed by atoms with Gasteiger partial charge < -0.3 is 14.7 Å². The molecule has 6 heteroatoms. The summed E-state index contributed by atoms with van der Waals surface area (Å²) < 4.78 is 6.20. The van der Waals surface area contributed by atoms with Crippen LogP contribution in [0, 0.1) is 0 Å². The van der Waals surface area contributed by atoms with E-state index >= 15 is 0 Å². The van der Waals surface area contributed by atoms with Gasteiger partial charge in [-0.1, -0.05) is 24.4 Å². The number of nitrogens with zero attached hydrogens (tertiary/aromatic N) is 1. The molecule has 1 amide bonds. The second-order valence-corrected chi connectivity index (χ2v) is 6.84. The molecule has 0 saturated heterocycles. The Bertz CT molecular complexity index is 518. The summed E-state index contributed by atoms with van der Waals surface area (Å²) in [5.41, 5.74) is -0.731. The van der Waals surface area contributed by atoms with Crippen LogP contribution < -0.4 is 4.74 Å². The Morgan fingerprint density at radius 2 is 2.14 bits per heavy atom. The lowest BCUT2D eigenvalue weighted by atomic mass is 10.0. The molecule has 21 heavy (non-hydrogen) atoms. The van der Waals surface area contributed by atoms with Crippen LogP contribution in [0.4, 0.5) is 0 Å². The van der Waals surface area contributed by atoms with E-state index in [1.165, 1.54) is 4.90 Å². The molecule has 1 fully saturated rings. The summed E-state index contributed by atoms with van der Waals surface area (Å²) in [6, 6.07) is 5.13. The standard InChI is InChI=1S/C15H19BrClNO3/c1-18(10-15(20)6-2-3-7-15)14(19)9-21-13-5-4-11(17)8-12(13)16/h4-5,8,20H,2-3,6-7,9-10H2,1H3. The second-order valence-electron chi connectivity index (χ2n) is 5.54. The molecule has 1 aromatic carbocycles. The molecule has 116 valence electrons. The summed E-state index contributed by atoms with van der Waals surface area (Å²) in [7, 11) is 1.69. The van der Waals surface area contributed by atoms with Crippen molar-refractivity contribution in [2.45, 2.75) is 31.3 Å². The molecule has 1 aromatic rings. The maximum absolute atomic E-state index is 12.1. The summed E-state index contributed by atoms with van der Waals surface area (Å²) >= 11 is 9.19. The first-order valence-electron chi connectivity index (χ1n) is 6.94. The lowest BCUT2D eigenvalue weighted by molar-refractivity contribution is -0.135. The van der Waals surface area contributed by atoms with E-state index in [9.17, 15) is 9.90 Å². The normalized spacial score (nSPS) is 16.8. The second kappa shape index (κ2) is 6.99. The van der Waals surface area contributed by atoms with Gasteiger partial charge in [-0.15, -0.1) is 0 Å². The average molecular weight is 377 g/mol. The predicted molar refractivity (Wildman–Crippen MR) is 85.7 cm³/mol. The van der Waals surface area contributed by atoms with Gasteiger partial charge in [0.1, 0.15) is 5.75 Å². The number of ether oxygens (including phenoxy) is 1. The lowest BCUT2D eigenvalue weighted by Crippen LogP contribution is -2.43. The van der Waals surface area contributed by atoms with Crippen molar-refractivity contribution in [2.75, 3.05) is 20.2 Å². The number of benzene rings is 1. The maximum atomic E-state index is 12.1. The number of carbonyl (C=O) groups excluding carboxylic acids is 1. The molecule has 1 saturated carbocycles. The van der Waals surface area contributed by atoms with E-state index in [4.69, 9.17) is 16.3 Å². The van der Waals surface area contributed by atoms with Gasteiger partial charge >= 0.3 is 0 Å². The van der Waals surface area contributed by atoms with Crippen LogP contribution in [-0.2, 0) is 4.79 Å². The highest BCUT2D eigenvalue weighted by molar-refractivity contribution is 9.10. The van der Waals surface area contributed by atoms with Crippen molar-refractivity contribution in [2.24, 2.45) is 0 Å². The molecular weight excluding hydrogens is 358 g/mol. The third kappa shape index (κ3) is 4.59. The minimum Gasteiger partial charge on any atom is -0.483 e. The van der Waals surface area contributed by atoms with Crippen molar-refractivity contribution in [1.82, 2.24) is 4.90 Å². The number of carbonyl (C=O) groups is 1. The van der Waals surface area contributed by atoms with Crippen LogP contribution in [0.3, 0.4) is 0 Å². The molecule has 0 spiro atoms. The molecule has 0 bridgehead atoms. The van der Waals surface area contributed by atoms with Crippen molar-refractivity contribution >= 4 is 33.4 Å². The number of hydrogen-bond acceptors (Lipinski definition) is 3. The fourth-order valence-electron chi connectivity index (χ4n) is 2.56. The van der Waals surface area contributed by atoms with Gasteiger partial charge in [-0.25, -0.2) is 0 Å². The predicted octanol–water partition coefficient (Wildman–Crippen LogP) is 3.24. The van der Waals surface area contributed by atoms with Crippen LogP contribution >= 0.6 is 27.5 Å². The molecule has 2 rings (SSSR count). The smallest absolute Gasteiger partial charge is 0.260 e. The Morgan fingerprint density at radius 3 is 2.76 bits per heavy atom. The zero-order valence-electron chi connectivity index (χ0n) is 11.9. The summed E-state index contributed by atoms with van der Waals surface area (Å²) in [6.07, 6.45) is 3.56. The fraction of sp³-hybridized carbons (Fsp3) is 0.533. The summed E-state index contributed by atoms with van der Waals surface area (Å²) in [5, 5.41) is 10.9. The number of rotatable bonds is 5. The molecular formula is C15H19BrClNO3. The van der Waals surface area contributed by atoms with Gasteiger partial charge in [-0.3, -0.25) is 4.79 Å². The Labute approximate surface area is 138 Å². The largest absolute Gasteiger partial charge is 0.483 e. The molecule has 1 N–H and O–H groups in total. The highest BCUT2D eigenvalue weighted by atomic mass is 79.9. The van der Waals surface area contributed by atoms with Crippen LogP contribution in [0.2, 0.25) is 5.02 Å². The van der Waals surface area contributed by atoms with Crippen LogP contribution in [0.1, 0.15) is 25.7 Å². The van der Waals surface area contributed by atoms with E-state index in [0.717, 1.165) is 25.7 Å². The van der Waals surface area contributed by atoms with Gasteiger partial charge in [0, 0.05) is 18.6 Å². The molecule has 1 aliphatic rings. The monoisotopic (exact) mass is 375 g/mol. The minimum absolute atomic E-state index is 0.0627. The van der Waals surface area contributed by atoms with Gasteiger partial charge in [-0.05, 0) is 47.0 Å². The highest BCUT2D eigenvalue weighted by Crippen LogP contribution is 2.30. The van der Waals surface area contributed by atoms with E-state index in [0.29, 0.717) is 21.8 Å². The third-order valence-electron chi connectivity index (χ3n) is 3.74. The van der Waals surface area contributed by atoms with E-state index in [1.54, 1.807) is 25.2 Å². The van der Waals surface area contributed by atoms with Crippen molar-refractivity contribution in [1.29, 1.82) is 0 Å². The Balaban J connectivity index is 1.86. The number of amides is 1. The third-order valence-corrected chi connectivity index (χ3v) is 4.59. The number of hydrogen-bond donors (Lipinski definition) is 1. The zero-order chi connectivity index (χ0) is 15.5.